The molecule has 8 heteroatoms. The molecule has 0 radical (unpaired) electrons. The predicted molar refractivity (Wildman–Crippen MR) is 98.3 cm³/mol. The van der Waals surface area contributed by atoms with E-state index in [1.54, 1.807) is 12.1 Å². The average molecular weight is 389 g/mol. The molecule has 25 heavy (non-hydrogen) atoms. The molecule has 0 spiro atoms. The third-order valence-corrected chi connectivity index (χ3v) is 5.80. The molecule has 1 fully saturated rings. The first-order valence-electron chi connectivity index (χ1n) is 8.47. The fraction of sp³-hybridized carbons (Fsp3) is 0.588. The largest absolute Gasteiger partial charge is 0.494 e. The molecule has 2 rings (SSSR count). The van der Waals surface area contributed by atoms with Crippen LogP contribution in [0, 0.1) is 5.92 Å². The van der Waals surface area contributed by atoms with Crippen molar-refractivity contribution >= 4 is 27.5 Å². The highest BCUT2D eigenvalue weighted by Gasteiger charge is 2.28. The summed E-state index contributed by atoms with van der Waals surface area (Å²) < 4.78 is 30.0. The van der Waals surface area contributed by atoms with Crippen molar-refractivity contribution in [2.24, 2.45) is 5.92 Å². The van der Waals surface area contributed by atoms with Gasteiger partial charge in [-0.3, -0.25) is 4.79 Å². The SMILES string of the molecule is CS(=O)(=O)N1CCC(C(=O)NCCCCOc2ccc(Cl)cc2)CC1. The third-order valence-electron chi connectivity index (χ3n) is 4.25. The number of unbranched alkanes of at least 4 members (excludes halogenated alkanes) is 1. The van der Waals surface area contributed by atoms with Crippen LogP contribution in [0.1, 0.15) is 25.7 Å². The molecule has 1 saturated heterocycles. The Hall–Kier alpha value is -1.31. The van der Waals surface area contributed by atoms with E-state index in [2.05, 4.69) is 5.32 Å². The number of hydrogen-bond donors (Lipinski definition) is 1. The number of carbonyl (C=O) groups is 1. The van der Waals surface area contributed by atoms with Gasteiger partial charge in [-0.05, 0) is 49.9 Å². The third kappa shape index (κ3) is 6.84. The first-order valence-corrected chi connectivity index (χ1v) is 10.7. The molecule has 1 aromatic rings. The monoisotopic (exact) mass is 388 g/mol. The molecule has 0 atom stereocenters. The maximum atomic E-state index is 12.1. The highest BCUT2D eigenvalue weighted by molar-refractivity contribution is 7.88. The molecule has 1 aliphatic rings. The summed E-state index contributed by atoms with van der Waals surface area (Å²) in [7, 11) is -3.15. The number of rotatable bonds is 8. The molecule has 0 saturated carbocycles. The molecule has 1 aliphatic heterocycles. The van der Waals surface area contributed by atoms with Crippen molar-refractivity contribution in [3.63, 3.8) is 0 Å². The second kappa shape index (κ2) is 9.40. The number of ether oxygens (including phenoxy) is 1. The average Bonchev–Trinajstić information content (AvgIpc) is 2.58. The molecule has 0 bridgehead atoms. The normalized spacial score (nSPS) is 16.6. The standard InChI is InChI=1S/C17H25ClN2O4S/c1-25(22,23)20-11-8-14(9-12-20)17(21)19-10-2-3-13-24-16-6-4-15(18)5-7-16/h4-7,14H,2-3,8-13H2,1H3,(H,19,21). The Kier molecular flexibility index (Phi) is 7.53. The molecule has 1 aromatic carbocycles. The molecule has 6 nitrogen and oxygen atoms in total. The fourth-order valence-electron chi connectivity index (χ4n) is 2.75. The van der Waals surface area contributed by atoms with Gasteiger partial charge in [-0.25, -0.2) is 12.7 Å². The van der Waals surface area contributed by atoms with E-state index >= 15 is 0 Å². The molecule has 1 heterocycles. The molecular weight excluding hydrogens is 364 g/mol. The molecular formula is C17H25ClN2O4S. The van der Waals surface area contributed by atoms with Crippen molar-refractivity contribution < 1.29 is 17.9 Å². The van der Waals surface area contributed by atoms with Crippen LogP contribution in [-0.2, 0) is 14.8 Å². The van der Waals surface area contributed by atoms with Gasteiger partial charge in [-0.1, -0.05) is 11.6 Å². The highest BCUT2D eigenvalue weighted by atomic mass is 35.5. The smallest absolute Gasteiger partial charge is 0.223 e. The summed E-state index contributed by atoms with van der Waals surface area (Å²) in [5, 5.41) is 3.61. The van der Waals surface area contributed by atoms with Crippen LogP contribution in [-0.4, -0.2) is 51.1 Å². The Balaban J connectivity index is 1.56. The van der Waals surface area contributed by atoms with Crippen LogP contribution in [0.25, 0.3) is 0 Å². The Labute approximate surface area is 154 Å². The topological polar surface area (TPSA) is 75.7 Å². The van der Waals surface area contributed by atoms with E-state index in [1.807, 2.05) is 12.1 Å². The minimum absolute atomic E-state index is 0.0202. The van der Waals surface area contributed by atoms with Gasteiger partial charge in [0.25, 0.3) is 0 Å². The van der Waals surface area contributed by atoms with Gasteiger partial charge in [0, 0.05) is 30.6 Å². The van der Waals surface area contributed by atoms with E-state index in [9.17, 15) is 13.2 Å². The Morgan fingerprint density at radius 2 is 1.88 bits per heavy atom. The number of hydrogen-bond acceptors (Lipinski definition) is 4. The summed E-state index contributed by atoms with van der Waals surface area (Å²) in [6.07, 6.45) is 4.05. The molecule has 140 valence electrons. The Morgan fingerprint density at radius 3 is 2.48 bits per heavy atom. The van der Waals surface area contributed by atoms with Crippen LogP contribution < -0.4 is 10.1 Å². The summed E-state index contributed by atoms with van der Waals surface area (Å²) in [6, 6.07) is 7.22. The van der Waals surface area contributed by atoms with Gasteiger partial charge in [0.1, 0.15) is 5.75 Å². The lowest BCUT2D eigenvalue weighted by Crippen LogP contribution is -2.42. The maximum Gasteiger partial charge on any atom is 0.223 e. The highest BCUT2D eigenvalue weighted by Crippen LogP contribution is 2.19. The van der Waals surface area contributed by atoms with Crippen LogP contribution in [0.5, 0.6) is 5.75 Å². The second-order valence-corrected chi connectivity index (χ2v) is 8.66. The number of carbonyl (C=O) groups excluding carboxylic acids is 1. The molecule has 0 aromatic heterocycles. The maximum absolute atomic E-state index is 12.1. The Bertz CT molecular complexity index is 656. The van der Waals surface area contributed by atoms with Crippen molar-refractivity contribution in [3.05, 3.63) is 29.3 Å². The number of piperidine rings is 1. The lowest BCUT2D eigenvalue weighted by atomic mass is 9.97. The van der Waals surface area contributed by atoms with Crippen LogP contribution in [0.3, 0.4) is 0 Å². The van der Waals surface area contributed by atoms with Gasteiger partial charge < -0.3 is 10.1 Å². The van der Waals surface area contributed by atoms with Gasteiger partial charge in [-0.2, -0.15) is 0 Å². The summed E-state index contributed by atoms with van der Waals surface area (Å²) >= 11 is 5.81. The van der Waals surface area contributed by atoms with E-state index in [0.29, 0.717) is 44.1 Å². The number of nitrogens with one attached hydrogen (secondary N) is 1. The lowest BCUT2D eigenvalue weighted by molar-refractivity contribution is -0.126. The van der Waals surface area contributed by atoms with E-state index < -0.39 is 10.0 Å². The van der Waals surface area contributed by atoms with E-state index in [-0.39, 0.29) is 11.8 Å². The fourth-order valence-corrected chi connectivity index (χ4v) is 3.75. The summed E-state index contributed by atoms with van der Waals surface area (Å²) in [6.45, 7) is 2.04. The number of benzene rings is 1. The van der Waals surface area contributed by atoms with Crippen LogP contribution in [0.2, 0.25) is 5.02 Å². The summed E-state index contributed by atoms with van der Waals surface area (Å²) in [5.41, 5.74) is 0. The number of nitrogens with zero attached hydrogens (tertiary/aromatic N) is 1. The minimum atomic E-state index is -3.15. The summed E-state index contributed by atoms with van der Waals surface area (Å²) in [4.78, 5) is 12.1. The van der Waals surface area contributed by atoms with Crippen molar-refractivity contribution in [1.29, 1.82) is 0 Å². The zero-order valence-electron chi connectivity index (χ0n) is 14.4. The first kappa shape index (κ1) is 20.0. The molecule has 0 aliphatic carbocycles. The van der Waals surface area contributed by atoms with Crippen LogP contribution >= 0.6 is 11.6 Å². The second-order valence-electron chi connectivity index (χ2n) is 6.24. The van der Waals surface area contributed by atoms with Crippen molar-refractivity contribution in [2.75, 3.05) is 32.5 Å². The van der Waals surface area contributed by atoms with Crippen molar-refractivity contribution in [3.8, 4) is 5.75 Å². The molecule has 1 N–H and O–H groups in total. The zero-order chi connectivity index (χ0) is 18.3. The minimum Gasteiger partial charge on any atom is -0.494 e. The first-order chi connectivity index (χ1) is 11.9. The number of amides is 1. The molecule has 1 amide bonds. The molecule has 0 unspecified atom stereocenters. The van der Waals surface area contributed by atoms with E-state index in [4.69, 9.17) is 16.3 Å². The number of sulfonamides is 1. The van der Waals surface area contributed by atoms with E-state index in [1.165, 1.54) is 10.6 Å². The zero-order valence-corrected chi connectivity index (χ0v) is 16.0. The van der Waals surface area contributed by atoms with Gasteiger partial charge in [0.2, 0.25) is 15.9 Å². The Morgan fingerprint density at radius 1 is 1.24 bits per heavy atom. The van der Waals surface area contributed by atoms with Crippen LogP contribution in [0.4, 0.5) is 0 Å². The lowest BCUT2D eigenvalue weighted by Gasteiger charge is -2.29. The quantitative estimate of drug-likeness (QED) is 0.693. The van der Waals surface area contributed by atoms with Crippen molar-refractivity contribution in [2.45, 2.75) is 25.7 Å². The number of halogens is 1. The predicted octanol–water partition coefficient (Wildman–Crippen LogP) is 2.29. The van der Waals surface area contributed by atoms with E-state index in [0.717, 1.165) is 18.6 Å². The van der Waals surface area contributed by atoms with Crippen molar-refractivity contribution in [1.82, 2.24) is 9.62 Å². The van der Waals surface area contributed by atoms with Gasteiger partial charge in [0.05, 0.1) is 12.9 Å². The van der Waals surface area contributed by atoms with Gasteiger partial charge in [0.15, 0.2) is 0 Å². The summed E-state index contributed by atoms with van der Waals surface area (Å²) in [5.74, 6) is 0.709. The van der Waals surface area contributed by atoms with Gasteiger partial charge in [-0.15, -0.1) is 0 Å². The van der Waals surface area contributed by atoms with Gasteiger partial charge >= 0.3 is 0 Å². The van der Waals surface area contributed by atoms with Crippen LogP contribution in [0.15, 0.2) is 24.3 Å².